The summed E-state index contributed by atoms with van der Waals surface area (Å²) in [6.07, 6.45) is 6.26. The SMILES string of the molecule is CNCCCOC1CC(NC2NCCC(NC)N2)CCC1OC. The van der Waals surface area contributed by atoms with E-state index < -0.39 is 0 Å². The molecule has 1 saturated carbocycles. The molecule has 2 aliphatic rings. The second-order valence-electron chi connectivity index (χ2n) is 6.50. The van der Waals surface area contributed by atoms with Crippen molar-refractivity contribution in [2.45, 2.75) is 62.8 Å². The highest BCUT2D eigenvalue weighted by Crippen LogP contribution is 2.24. The first-order valence-corrected chi connectivity index (χ1v) is 8.98. The van der Waals surface area contributed by atoms with E-state index in [1.165, 1.54) is 0 Å². The lowest BCUT2D eigenvalue weighted by Crippen LogP contribution is -2.65. The maximum absolute atomic E-state index is 6.09. The highest BCUT2D eigenvalue weighted by atomic mass is 16.5. The lowest BCUT2D eigenvalue weighted by atomic mass is 9.90. The number of hydrogen-bond acceptors (Lipinski definition) is 7. The molecule has 0 aromatic heterocycles. The quantitative estimate of drug-likeness (QED) is 0.367. The van der Waals surface area contributed by atoms with Crippen LogP contribution in [0.15, 0.2) is 0 Å². The van der Waals surface area contributed by atoms with Crippen LogP contribution in [-0.2, 0) is 9.47 Å². The van der Waals surface area contributed by atoms with Crippen molar-refractivity contribution in [2.24, 2.45) is 0 Å². The summed E-state index contributed by atoms with van der Waals surface area (Å²) in [5, 5.41) is 17.2. The highest BCUT2D eigenvalue weighted by molar-refractivity contribution is 4.88. The van der Waals surface area contributed by atoms with E-state index in [4.69, 9.17) is 9.47 Å². The van der Waals surface area contributed by atoms with Crippen molar-refractivity contribution in [2.75, 3.05) is 40.9 Å². The number of methoxy groups -OCH3 is 1. The summed E-state index contributed by atoms with van der Waals surface area (Å²) in [5.41, 5.74) is 0. The maximum atomic E-state index is 6.09. The molecule has 0 aromatic carbocycles. The van der Waals surface area contributed by atoms with Crippen molar-refractivity contribution in [3.8, 4) is 0 Å². The van der Waals surface area contributed by atoms with Gasteiger partial charge in [-0.15, -0.1) is 0 Å². The van der Waals surface area contributed by atoms with Gasteiger partial charge in [-0.25, -0.2) is 0 Å². The van der Waals surface area contributed by atoms with Crippen molar-refractivity contribution in [1.29, 1.82) is 0 Å². The molecule has 5 N–H and O–H groups in total. The minimum Gasteiger partial charge on any atom is -0.379 e. The molecule has 1 aliphatic heterocycles. The van der Waals surface area contributed by atoms with E-state index in [9.17, 15) is 0 Å². The van der Waals surface area contributed by atoms with Gasteiger partial charge in [-0.3, -0.25) is 16.0 Å². The molecule has 1 aliphatic carbocycles. The summed E-state index contributed by atoms with van der Waals surface area (Å²) in [7, 11) is 5.77. The van der Waals surface area contributed by atoms with Crippen LogP contribution in [0.4, 0.5) is 0 Å². The Morgan fingerprint density at radius 3 is 2.74 bits per heavy atom. The zero-order valence-corrected chi connectivity index (χ0v) is 14.9. The van der Waals surface area contributed by atoms with E-state index in [2.05, 4.69) is 26.6 Å². The molecular formula is C16H35N5O2. The van der Waals surface area contributed by atoms with Gasteiger partial charge in [-0.1, -0.05) is 0 Å². The van der Waals surface area contributed by atoms with Crippen LogP contribution < -0.4 is 26.6 Å². The Balaban J connectivity index is 1.76. The Labute approximate surface area is 140 Å². The summed E-state index contributed by atoms with van der Waals surface area (Å²) in [4.78, 5) is 0. The van der Waals surface area contributed by atoms with Crippen LogP contribution in [0.25, 0.3) is 0 Å². The molecule has 1 saturated heterocycles. The first kappa shape index (κ1) is 19.1. The third kappa shape index (κ3) is 6.26. The molecule has 2 rings (SSSR count). The van der Waals surface area contributed by atoms with Gasteiger partial charge >= 0.3 is 0 Å². The van der Waals surface area contributed by atoms with Gasteiger partial charge in [0.05, 0.1) is 18.4 Å². The van der Waals surface area contributed by atoms with Crippen LogP contribution in [0, 0.1) is 0 Å². The fraction of sp³-hybridized carbons (Fsp3) is 1.00. The number of rotatable bonds is 9. The largest absolute Gasteiger partial charge is 0.379 e. The van der Waals surface area contributed by atoms with E-state index in [0.29, 0.717) is 12.2 Å². The predicted molar refractivity (Wildman–Crippen MR) is 92.2 cm³/mol. The molecule has 5 atom stereocenters. The molecule has 136 valence electrons. The normalized spacial score (nSPS) is 35.3. The Bertz CT molecular complexity index is 321. The van der Waals surface area contributed by atoms with Gasteiger partial charge in [0.1, 0.15) is 6.29 Å². The minimum atomic E-state index is 0.162. The third-order valence-corrected chi connectivity index (χ3v) is 4.84. The zero-order chi connectivity index (χ0) is 16.5. The van der Waals surface area contributed by atoms with Gasteiger partial charge in [-0.05, 0) is 52.7 Å². The summed E-state index contributed by atoms with van der Waals surface area (Å²) in [5.74, 6) is 0. The monoisotopic (exact) mass is 329 g/mol. The highest BCUT2D eigenvalue weighted by Gasteiger charge is 2.32. The van der Waals surface area contributed by atoms with Crippen LogP contribution in [-0.4, -0.2) is 71.6 Å². The summed E-state index contributed by atoms with van der Waals surface area (Å²) in [6.45, 7) is 2.81. The molecule has 1 heterocycles. The van der Waals surface area contributed by atoms with Crippen LogP contribution >= 0.6 is 0 Å². The molecule has 0 aromatic rings. The summed E-state index contributed by atoms with van der Waals surface area (Å²) < 4.78 is 11.7. The van der Waals surface area contributed by atoms with Crippen LogP contribution in [0.5, 0.6) is 0 Å². The molecule has 5 unspecified atom stereocenters. The number of ether oxygens (including phenoxy) is 2. The molecule has 23 heavy (non-hydrogen) atoms. The maximum Gasteiger partial charge on any atom is 0.113 e. The van der Waals surface area contributed by atoms with Crippen molar-refractivity contribution in [3.05, 3.63) is 0 Å². The molecule has 7 heteroatoms. The van der Waals surface area contributed by atoms with Gasteiger partial charge in [-0.2, -0.15) is 0 Å². The molecular weight excluding hydrogens is 294 g/mol. The number of hydrogen-bond donors (Lipinski definition) is 5. The average Bonchev–Trinajstić information content (AvgIpc) is 2.59. The first-order chi connectivity index (χ1) is 11.3. The lowest BCUT2D eigenvalue weighted by Gasteiger charge is -2.39. The Morgan fingerprint density at radius 2 is 2.00 bits per heavy atom. The Kier molecular flexibility index (Phi) is 8.74. The first-order valence-electron chi connectivity index (χ1n) is 8.98. The molecule has 0 amide bonds. The molecule has 0 bridgehead atoms. The van der Waals surface area contributed by atoms with Crippen LogP contribution in [0.3, 0.4) is 0 Å². The molecule has 0 spiro atoms. The Morgan fingerprint density at radius 1 is 1.13 bits per heavy atom. The Hall–Kier alpha value is -0.280. The smallest absolute Gasteiger partial charge is 0.113 e. The third-order valence-electron chi connectivity index (χ3n) is 4.84. The standard InChI is InChI=1S/C16H35N5O2/c1-17-8-4-10-23-14-11-12(5-6-13(14)22-3)20-16-19-9-7-15(18-2)21-16/h12-21H,4-11H2,1-3H3. The minimum absolute atomic E-state index is 0.162. The van der Waals surface area contributed by atoms with Gasteiger partial charge in [0, 0.05) is 26.3 Å². The molecule has 2 fully saturated rings. The van der Waals surface area contributed by atoms with Crippen molar-refractivity contribution < 1.29 is 9.47 Å². The van der Waals surface area contributed by atoms with Gasteiger partial charge in [0.25, 0.3) is 0 Å². The summed E-state index contributed by atoms with van der Waals surface area (Å²) in [6, 6.07) is 0.455. The fourth-order valence-corrected chi connectivity index (χ4v) is 3.47. The van der Waals surface area contributed by atoms with Crippen molar-refractivity contribution in [3.63, 3.8) is 0 Å². The van der Waals surface area contributed by atoms with E-state index >= 15 is 0 Å². The zero-order valence-electron chi connectivity index (χ0n) is 14.9. The number of nitrogens with one attached hydrogen (secondary N) is 5. The second kappa shape index (κ2) is 10.6. The van der Waals surface area contributed by atoms with Crippen molar-refractivity contribution >= 4 is 0 Å². The topological polar surface area (TPSA) is 78.6 Å². The van der Waals surface area contributed by atoms with Crippen molar-refractivity contribution in [1.82, 2.24) is 26.6 Å². The second-order valence-corrected chi connectivity index (χ2v) is 6.50. The molecule has 0 radical (unpaired) electrons. The van der Waals surface area contributed by atoms with Crippen LogP contribution in [0.2, 0.25) is 0 Å². The average molecular weight is 329 g/mol. The van der Waals surface area contributed by atoms with E-state index in [0.717, 1.165) is 51.8 Å². The predicted octanol–water partition coefficient (Wildman–Crippen LogP) is -0.450. The van der Waals surface area contributed by atoms with Gasteiger partial charge in [0.2, 0.25) is 0 Å². The van der Waals surface area contributed by atoms with E-state index in [1.807, 2.05) is 14.1 Å². The lowest BCUT2D eigenvalue weighted by molar-refractivity contribution is -0.0843. The van der Waals surface area contributed by atoms with Gasteiger partial charge < -0.3 is 20.1 Å². The van der Waals surface area contributed by atoms with Crippen LogP contribution in [0.1, 0.15) is 32.1 Å². The summed E-state index contributed by atoms with van der Waals surface area (Å²) >= 11 is 0. The van der Waals surface area contributed by atoms with E-state index in [-0.39, 0.29) is 18.5 Å². The van der Waals surface area contributed by atoms with Gasteiger partial charge in [0.15, 0.2) is 0 Å². The fourth-order valence-electron chi connectivity index (χ4n) is 3.47. The van der Waals surface area contributed by atoms with E-state index in [1.54, 1.807) is 7.11 Å². The molecule has 7 nitrogen and oxygen atoms in total.